The van der Waals surface area contributed by atoms with Gasteiger partial charge in [-0.1, -0.05) is 30.3 Å². The molecule has 3 aromatic rings. The van der Waals surface area contributed by atoms with Crippen molar-refractivity contribution < 1.29 is 9.53 Å². The van der Waals surface area contributed by atoms with Gasteiger partial charge in [0.25, 0.3) is 0 Å². The molecule has 29 heavy (non-hydrogen) atoms. The Balaban J connectivity index is 1.57. The van der Waals surface area contributed by atoms with Crippen LogP contribution in [0.4, 0.5) is 5.00 Å². The fraction of sp³-hybridized carbons (Fsp3) is 0.250. The molecule has 1 aromatic carbocycles. The summed E-state index contributed by atoms with van der Waals surface area (Å²) in [5.74, 6) is -0.380. The lowest BCUT2D eigenvalue weighted by Gasteiger charge is -2.10. The Hall–Kier alpha value is -2.23. The van der Waals surface area contributed by atoms with Gasteiger partial charge in [0.15, 0.2) is 5.11 Å². The highest BCUT2D eigenvalue weighted by Crippen LogP contribution is 2.30. The van der Waals surface area contributed by atoms with Crippen molar-refractivity contribution in [1.29, 1.82) is 0 Å². The quantitative estimate of drug-likeness (QED) is 0.274. The number of rotatable bonds is 8. The first-order chi connectivity index (χ1) is 14.0. The third-order valence-corrected chi connectivity index (χ3v) is 5.79. The second-order valence-corrected chi connectivity index (χ2v) is 8.73. The van der Waals surface area contributed by atoms with E-state index < -0.39 is 0 Å². The Bertz CT molecular complexity index is 972. The first kappa shape index (κ1) is 21.5. The first-order valence-corrected chi connectivity index (χ1v) is 11.0. The topological polar surface area (TPSA) is 68.2 Å². The normalized spacial score (nSPS) is 10.6. The summed E-state index contributed by atoms with van der Waals surface area (Å²) in [4.78, 5) is 13.2. The van der Waals surface area contributed by atoms with Crippen LogP contribution in [0.2, 0.25) is 0 Å². The number of anilines is 1. The molecule has 0 bridgehead atoms. The molecule has 0 fully saturated rings. The number of aromatic nitrogens is 2. The summed E-state index contributed by atoms with van der Waals surface area (Å²) < 4.78 is 7.75. The van der Waals surface area contributed by atoms with Crippen molar-refractivity contribution in [1.82, 2.24) is 15.1 Å². The van der Waals surface area contributed by atoms with Crippen LogP contribution in [-0.4, -0.2) is 34.5 Å². The van der Waals surface area contributed by atoms with E-state index in [1.807, 2.05) is 35.1 Å². The van der Waals surface area contributed by atoms with Gasteiger partial charge in [-0.05, 0) is 46.2 Å². The summed E-state index contributed by atoms with van der Waals surface area (Å²) in [5.41, 5.74) is 1.68. The number of ether oxygens (including phenoxy) is 1. The van der Waals surface area contributed by atoms with E-state index in [9.17, 15) is 4.79 Å². The van der Waals surface area contributed by atoms with E-state index in [0.29, 0.717) is 22.2 Å². The predicted molar refractivity (Wildman–Crippen MR) is 124 cm³/mol. The Morgan fingerprint density at radius 1 is 1.34 bits per heavy atom. The molecular weight excluding hydrogens is 472 g/mol. The molecule has 0 amide bonds. The number of nitrogens with zero attached hydrogens (tertiary/aromatic N) is 2. The van der Waals surface area contributed by atoms with Crippen LogP contribution in [0.15, 0.2) is 53.3 Å². The third kappa shape index (κ3) is 6.38. The fourth-order valence-corrected chi connectivity index (χ4v) is 4.41. The largest absolute Gasteiger partial charge is 0.465 e. The molecule has 0 aliphatic carbocycles. The molecule has 152 valence electrons. The van der Waals surface area contributed by atoms with Crippen molar-refractivity contribution in [2.24, 2.45) is 0 Å². The van der Waals surface area contributed by atoms with E-state index in [1.165, 1.54) is 24.0 Å². The highest BCUT2D eigenvalue weighted by atomic mass is 79.9. The number of benzene rings is 1. The van der Waals surface area contributed by atoms with Crippen molar-refractivity contribution in [3.05, 3.63) is 69.3 Å². The number of hydrogen-bond donors (Lipinski definition) is 2. The number of thiophene rings is 1. The minimum Gasteiger partial charge on any atom is -0.465 e. The maximum absolute atomic E-state index is 12.2. The van der Waals surface area contributed by atoms with Crippen molar-refractivity contribution >= 4 is 55.6 Å². The lowest BCUT2D eigenvalue weighted by atomic mass is 10.1. The number of thiocarbonyl (C=S) groups is 1. The number of carbonyl (C=O) groups is 1. The predicted octanol–water partition coefficient (Wildman–Crippen LogP) is 4.46. The first-order valence-electron chi connectivity index (χ1n) is 9.03. The lowest BCUT2D eigenvalue weighted by molar-refractivity contribution is 0.0602. The fourth-order valence-electron chi connectivity index (χ4n) is 2.73. The van der Waals surface area contributed by atoms with Crippen LogP contribution < -0.4 is 10.6 Å². The molecule has 0 atom stereocenters. The van der Waals surface area contributed by atoms with Crippen LogP contribution >= 0.6 is 39.5 Å². The van der Waals surface area contributed by atoms with Gasteiger partial charge in [-0.2, -0.15) is 5.10 Å². The van der Waals surface area contributed by atoms with Crippen LogP contribution in [0, 0.1) is 0 Å². The molecule has 2 heterocycles. The van der Waals surface area contributed by atoms with E-state index in [2.05, 4.69) is 43.8 Å². The average molecular weight is 493 g/mol. The lowest BCUT2D eigenvalue weighted by Crippen LogP contribution is -2.30. The number of carbonyl (C=O) groups excluding carboxylic acids is 1. The van der Waals surface area contributed by atoms with Crippen LogP contribution in [0.3, 0.4) is 0 Å². The van der Waals surface area contributed by atoms with E-state index in [-0.39, 0.29) is 5.97 Å². The van der Waals surface area contributed by atoms with E-state index in [1.54, 1.807) is 6.20 Å². The Labute approximate surface area is 187 Å². The number of methoxy groups -OCH3 is 1. The molecule has 0 radical (unpaired) electrons. The highest BCUT2D eigenvalue weighted by molar-refractivity contribution is 9.10. The molecular formula is C20H21BrN4O2S2. The second-order valence-electron chi connectivity index (χ2n) is 6.27. The molecule has 3 rings (SSSR count). The van der Waals surface area contributed by atoms with Gasteiger partial charge in [-0.25, -0.2) is 4.79 Å². The van der Waals surface area contributed by atoms with Crippen molar-refractivity contribution in [2.45, 2.75) is 19.4 Å². The number of halogens is 1. The Morgan fingerprint density at radius 2 is 2.14 bits per heavy atom. The zero-order valence-electron chi connectivity index (χ0n) is 15.9. The van der Waals surface area contributed by atoms with Crippen LogP contribution in [0.5, 0.6) is 0 Å². The number of nitrogens with one attached hydrogen (secondary N) is 2. The van der Waals surface area contributed by atoms with Gasteiger partial charge in [0, 0.05) is 30.6 Å². The highest BCUT2D eigenvalue weighted by Gasteiger charge is 2.17. The van der Waals surface area contributed by atoms with Crippen LogP contribution in [0.25, 0.3) is 0 Å². The number of esters is 1. The molecule has 0 unspecified atom stereocenters. The van der Waals surface area contributed by atoms with E-state index in [4.69, 9.17) is 17.0 Å². The summed E-state index contributed by atoms with van der Waals surface area (Å²) in [6, 6.07) is 12.0. The molecule has 0 spiro atoms. The van der Waals surface area contributed by atoms with Crippen LogP contribution in [-0.2, 0) is 17.7 Å². The Kier molecular flexibility index (Phi) is 7.79. The van der Waals surface area contributed by atoms with Gasteiger partial charge < -0.3 is 15.4 Å². The van der Waals surface area contributed by atoms with Gasteiger partial charge in [-0.3, -0.25) is 4.68 Å². The SMILES string of the molecule is COC(=O)c1cc(Cc2ccccc2)sc1NC(=S)NCCCn1cc(Br)cn1. The minimum atomic E-state index is -0.380. The molecule has 2 N–H and O–H groups in total. The smallest absolute Gasteiger partial charge is 0.340 e. The van der Waals surface area contributed by atoms with Crippen LogP contribution in [0.1, 0.15) is 27.2 Å². The molecule has 6 nitrogen and oxygen atoms in total. The number of aryl methyl sites for hydroxylation is 1. The molecule has 0 aliphatic rings. The Morgan fingerprint density at radius 3 is 2.83 bits per heavy atom. The van der Waals surface area contributed by atoms with Gasteiger partial charge in [0.1, 0.15) is 5.00 Å². The summed E-state index contributed by atoms with van der Waals surface area (Å²) in [5, 5.41) is 11.7. The molecule has 0 saturated heterocycles. The summed E-state index contributed by atoms with van der Waals surface area (Å²) >= 11 is 10.3. The van der Waals surface area contributed by atoms with E-state index in [0.717, 1.165) is 28.7 Å². The maximum atomic E-state index is 12.2. The van der Waals surface area contributed by atoms with Crippen molar-refractivity contribution in [3.8, 4) is 0 Å². The third-order valence-electron chi connectivity index (χ3n) is 4.09. The van der Waals surface area contributed by atoms with Gasteiger partial charge in [-0.15, -0.1) is 11.3 Å². The van der Waals surface area contributed by atoms with Gasteiger partial charge in [0.05, 0.1) is 23.3 Å². The maximum Gasteiger partial charge on any atom is 0.340 e. The monoisotopic (exact) mass is 492 g/mol. The zero-order chi connectivity index (χ0) is 20.6. The zero-order valence-corrected chi connectivity index (χ0v) is 19.1. The summed E-state index contributed by atoms with van der Waals surface area (Å²) in [6.07, 6.45) is 5.30. The van der Waals surface area contributed by atoms with Gasteiger partial charge >= 0.3 is 5.97 Å². The van der Waals surface area contributed by atoms with Crippen molar-refractivity contribution in [3.63, 3.8) is 0 Å². The van der Waals surface area contributed by atoms with Crippen molar-refractivity contribution in [2.75, 3.05) is 19.0 Å². The average Bonchev–Trinajstić information content (AvgIpc) is 3.31. The molecule has 0 aliphatic heterocycles. The number of hydrogen-bond acceptors (Lipinski definition) is 5. The van der Waals surface area contributed by atoms with E-state index >= 15 is 0 Å². The molecule has 9 heteroatoms. The van der Waals surface area contributed by atoms with Gasteiger partial charge in [0.2, 0.25) is 0 Å². The second kappa shape index (κ2) is 10.5. The summed E-state index contributed by atoms with van der Waals surface area (Å²) in [7, 11) is 1.38. The standard InChI is InChI=1S/C20H21BrN4O2S2/c1-27-19(26)17-11-16(10-14-6-3-2-4-7-14)29-18(17)24-20(28)22-8-5-9-25-13-15(21)12-23-25/h2-4,6-7,11-13H,5,8-10H2,1H3,(H2,22,24,28). The summed E-state index contributed by atoms with van der Waals surface area (Å²) in [6.45, 7) is 1.48. The molecule has 2 aromatic heterocycles. The minimum absolute atomic E-state index is 0.380. The molecule has 0 saturated carbocycles.